The first-order chi connectivity index (χ1) is 9.99. The summed E-state index contributed by atoms with van der Waals surface area (Å²) in [5.74, 6) is 1.44. The normalized spacial score (nSPS) is 12.0. The molecule has 0 radical (unpaired) electrons. The molecule has 1 unspecified atom stereocenters. The van der Waals surface area contributed by atoms with Crippen molar-refractivity contribution in [3.63, 3.8) is 0 Å². The van der Waals surface area contributed by atoms with Crippen LogP contribution in [0, 0.1) is 13.8 Å². The first-order valence-corrected chi connectivity index (χ1v) is 6.92. The number of hydrogen-bond acceptors (Lipinski definition) is 4. The monoisotopic (exact) mass is 287 g/mol. The summed E-state index contributed by atoms with van der Waals surface area (Å²) < 4.78 is 11.0. The van der Waals surface area contributed by atoms with Crippen molar-refractivity contribution in [2.75, 3.05) is 7.11 Å². The molecular weight excluding hydrogens is 266 g/mol. The molecule has 112 valence electrons. The zero-order chi connectivity index (χ0) is 15.4. The number of aliphatic hydroxyl groups is 1. The highest BCUT2D eigenvalue weighted by Crippen LogP contribution is 2.27. The van der Waals surface area contributed by atoms with E-state index in [2.05, 4.69) is 4.98 Å². The second-order valence-electron chi connectivity index (χ2n) is 5.15. The van der Waals surface area contributed by atoms with Crippen molar-refractivity contribution in [2.24, 2.45) is 0 Å². The van der Waals surface area contributed by atoms with E-state index in [1.165, 1.54) is 0 Å². The minimum atomic E-state index is -0.570. The van der Waals surface area contributed by atoms with Gasteiger partial charge in [0.25, 0.3) is 0 Å². The number of aryl methyl sites for hydroxylation is 2. The number of aliphatic hydroxyl groups excluding tert-OH is 1. The second kappa shape index (κ2) is 6.59. The van der Waals surface area contributed by atoms with Crippen LogP contribution in [0.5, 0.6) is 11.5 Å². The molecule has 0 saturated carbocycles. The maximum absolute atomic E-state index is 9.84. The van der Waals surface area contributed by atoms with E-state index in [9.17, 15) is 5.11 Å². The summed E-state index contributed by atoms with van der Waals surface area (Å²) in [6, 6.07) is 9.50. The Morgan fingerprint density at radius 2 is 1.95 bits per heavy atom. The van der Waals surface area contributed by atoms with Crippen LogP contribution in [0.1, 0.15) is 35.5 Å². The number of rotatable bonds is 5. The van der Waals surface area contributed by atoms with Crippen molar-refractivity contribution >= 4 is 0 Å². The predicted octanol–water partition coefficient (Wildman–Crippen LogP) is 3.34. The number of ether oxygens (including phenoxy) is 2. The SMILES string of the molecule is COc1cc(C)nc(COc2ccc(C)cc2C(C)O)c1. The average Bonchev–Trinajstić information content (AvgIpc) is 2.45. The largest absolute Gasteiger partial charge is 0.497 e. The van der Waals surface area contributed by atoms with Gasteiger partial charge in [0.1, 0.15) is 18.1 Å². The summed E-state index contributed by atoms with van der Waals surface area (Å²) in [4.78, 5) is 4.42. The van der Waals surface area contributed by atoms with Crippen molar-refractivity contribution in [3.05, 3.63) is 52.8 Å². The molecule has 2 aromatic rings. The third-order valence-electron chi connectivity index (χ3n) is 3.21. The lowest BCUT2D eigenvalue weighted by Crippen LogP contribution is -2.04. The highest BCUT2D eigenvalue weighted by Gasteiger charge is 2.10. The van der Waals surface area contributed by atoms with E-state index in [1.807, 2.05) is 44.2 Å². The Morgan fingerprint density at radius 3 is 2.62 bits per heavy atom. The molecule has 21 heavy (non-hydrogen) atoms. The summed E-state index contributed by atoms with van der Waals surface area (Å²) >= 11 is 0. The van der Waals surface area contributed by atoms with Crippen molar-refractivity contribution < 1.29 is 14.6 Å². The van der Waals surface area contributed by atoms with Gasteiger partial charge in [0, 0.05) is 23.4 Å². The van der Waals surface area contributed by atoms with E-state index in [0.717, 1.165) is 28.3 Å². The minimum Gasteiger partial charge on any atom is -0.497 e. The molecule has 0 fully saturated rings. The van der Waals surface area contributed by atoms with Crippen LogP contribution in [0.3, 0.4) is 0 Å². The summed E-state index contributed by atoms with van der Waals surface area (Å²) in [5.41, 5.74) is 3.56. The topological polar surface area (TPSA) is 51.6 Å². The number of nitrogens with zero attached hydrogens (tertiary/aromatic N) is 1. The Labute approximate surface area is 125 Å². The quantitative estimate of drug-likeness (QED) is 0.916. The first-order valence-electron chi connectivity index (χ1n) is 6.92. The lowest BCUT2D eigenvalue weighted by Gasteiger charge is -2.14. The maximum Gasteiger partial charge on any atom is 0.130 e. The van der Waals surface area contributed by atoms with Gasteiger partial charge in [-0.3, -0.25) is 4.98 Å². The second-order valence-corrected chi connectivity index (χ2v) is 5.15. The van der Waals surface area contributed by atoms with E-state index < -0.39 is 6.10 Å². The molecule has 0 aliphatic carbocycles. The van der Waals surface area contributed by atoms with Gasteiger partial charge in [-0.15, -0.1) is 0 Å². The van der Waals surface area contributed by atoms with Crippen molar-refractivity contribution in [3.8, 4) is 11.5 Å². The van der Waals surface area contributed by atoms with Gasteiger partial charge in [0.2, 0.25) is 0 Å². The lowest BCUT2D eigenvalue weighted by atomic mass is 10.1. The fourth-order valence-electron chi connectivity index (χ4n) is 2.17. The molecule has 2 rings (SSSR count). The van der Waals surface area contributed by atoms with E-state index >= 15 is 0 Å². The molecule has 0 spiro atoms. The van der Waals surface area contributed by atoms with Crippen LogP contribution in [0.4, 0.5) is 0 Å². The minimum absolute atomic E-state index is 0.334. The third kappa shape index (κ3) is 3.95. The van der Waals surface area contributed by atoms with Crippen LogP contribution < -0.4 is 9.47 Å². The Bertz CT molecular complexity index is 623. The summed E-state index contributed by atoms with van der Waals surface area (Å²) in [6.45, 7) is 5.97. The van der Waals surface area contributed by atoms with Crippen LogP contribution in [0.25, 0.3) is 0 Å². The number of benzene rings is 1. The molecular formula is C17H21NO3. The molecule has 4 nitrogen and oxygen atoms in total. The summed E-state index contributed by atoms with van der Waals surface area (Å²) in [7, 11) is 1.63. The average molecular weight is 287 g/mol. The fraction of sp³-hybridized carbons (Fsp3) is 0.353. The third-order valence-corrected chi connectivity index (χ3v) is 3.21. The molecule has 1 heterocycles. The van der Waals surface area contributed by atoms with Gasteiger partial charge in [0.05, 0.1) is 18.9 Å². The summed E-state index contributed by atoms with van der Waals surface area (Å²) in [5, 5.41) is 9.84. The maximum atomic E-state index is 9.84. The van der Waals surface area contributed by atoms with Gasteiger partial charge in [-0.2, -0.15) is 0 Å². The van der Waals surface area contributed by atoms with E-state index in [1.54, 1.807) is 14.0 Å². The van der Waals surface area contributed by atoms with Crippen molar-refractivity contribution in [1.29, 1.82) is 0 Å². The number of methoxy groups -OCH3 is 1. The molecule has 4 heteroatoms. The Morgan fingerprint density at radius 1 is 1.19 bits per heavy atom. The van der Waals surface area contributed by atoms with Gasteiger partial charge in [-0.25, -0.2) is 0 Å². The first kappa shape index (κ1) is 15.3. The standard InChI is InChI=1S/C17H21NO3/c1-11-5-6-17(16(7-11)13(3)19)21-10-14-9-15(20-4)8-12(2)18-14/h5-9,13,19H,10H2,1-4H3. The Kier molecular flexibility index (Phi) is 4.81. The molecule has 0 bridgehead atoms. The van der Waals surface area contributed by atoms with Crippen LogP contribution in [0.15, 0.2) is 30.3 Å². The number of pyridine rings is 1. The van der Waals surface area contributed by atoms with E-state index in [4.69, 9.17) is 9.47 Å². The van der Waals surface area contributed by atoms with Gasteiger partial charge in [0.15, 0.2) is 0 Å². The van der Waals surface area contributed by atoms with E-state index in [-0.39, 0.29) is 0 Å². The highest BCUT2D eigenvalue weighted by atomic mass is 16.5. The smallest absolute Gasteiger partial charge is 0.130 e. The van der Waals surface area contributed by atoms with Crippen molar-refractivity contribution in [2.45, 2.75) is 33.5 Å². The summed E-state index contributed by atoms with van der Waals surface area (Å²) in [6.07, 6.45) is -0.570. The molecule has 1 atom stereocenters. The zero-order valence-electron chi connectivity index (χ0n) is 12.9. The molecule has 1 aromatic heterocycles. The van der Waals surface area contributed by atoms with Crippen LogP contribution in [-0.2, 0) is 6.61 Å². The Balaban J connectivity index is 2.18. The zero-order valence-corrected chi connectivity index (χ0v) is 12.9. The van der Waals surface area contributed by atoms with Crippen LogP contribution >= 0.6 is 0 Å². The fourth-order valence-corrected chi connectivity index (χ4v) is 2.17. The van der Waals surface area contributed by atoms with Crippen LogP contribution in [-0.4, -0.2) is 17.2 Å². The molecule has 0 amide bonds. The number of aromatic nitrogens is 1. The van der Waals surface area contributed by atoms with E-state index in [0.29, 0.717) is 12.4 Å². The number of hydrogen-bond donors (Lipinski definition) is 1. The molecule has 0 aliphatic heterocycles. The predicted molar refractivity (Wildman–Crippen MR) is 81.7 cm³/mol. The molecule has 0 saturated heterocycles. The van der Waals surface area contributed by atoms with Gasteiger partial charge in [-0.05, 0) is 32.9 Å². The lowest BCUT2D eigenvalue weighted by molar-refractivity contribution is 0.189. The highest BCUT2D eigenvalue weighted by molar-refractivity contribution is 5.38. The van der Waals surface area contributed by atoms with Crippen LogP contribution in [0.2, 0.25) is 0 Å². The van der Waals surface area contributed by atoms with Crippen molar-refractivity contribution in [1.82, 2.24) is 4.98 Å². The van der Waals surface area contributed by atoms with Gasteiger partial charge in [-0.1, -0.05) is 11.6 Å². The molecule has 1 N–H and O–H groups in total. The molecule has 0 aliphatic rings. The van der Waals surface area contributed by atoms with Gasteiger partial charge >= 0.3 is 0 Å². The van der Waals surface area contributed by atoms with Gasteiger partial charge < -0.3 is 14.6 Å². The Hall–Kier alpha value is -2.07. The molecule has 1 aromatic carbocycles.